The number of rotatable bonds is 5. The predicted octanol–water partition coefficient (Wildman–Crippen LogP) is 2.15. The summed E-state index contributed by atoms with van der Waals surface area (Å²) >= 11 is 0. The van der Waals surface area contributed by atoms with Crippen LogP contribution in [-0.2, 0) is 15.9 Å². The Bertz CT molecular complexity index is 466. The third kappa shape index (κ3) is 5.76. The lowest BCUT2D eigenvalue weighted by Crippen LogP contribution is -2.22. The predicted molar refractivity (Wildman–Crippen MR) is 80.0 cm³/mol. The molecule has 2 rings (SSSR count). The van der Waals surface area contributed by atoms with Crippen LogP contribution in [0.3, 0.4) is 0 Å². The Balaban J connectivity index is 1.70. The molecule has 114 valence electrons. The van der Waals surface area contributed by atoms with Crippen molar-refractivity contribution in [2.24, 2.45) is 0 Å². The van der Waals surface area contributed by atoms with E-state index < -0.39 is 6.10 Å². The Morgan fingerprint density at radius 3 is 2.81 bits per heavy atom. The summed E-state index contributed by atoms with van der Waals surface area (Å²) in [5, 5.41) is 9.87. The molecule has 21 heavy (non-hydrogen) atoms. The Morgan fingerprint density at radius 1 is 1.33 bits per heavy atom. The molecule has 1 N–H and O–H groups in total. The number of benzene rings is 1. The van der Waals surface area contributed by atoms with Gasteiger partial charge in [-0.2, -0.15) is 0 Å². The van der Waals surface area contributed by atoms with Gasteiger partial charge < -0.3 is 19.3 Å². The molecule has 0 spiro atoms. The highest BCUT2D eigenvalue weighted by molar-refractivity contribution is 5.28. The zero-order chi connectivity index (χ0) is 14.9. The molecule has 0 aromatic heterocycles. The van der Waals surface area contributed by atoms with Crippen LogP contribution in [0.1, 0.15) is 24.8 Å². The molecule has 2 unspecified atom stereocenters. The summed E-state index contributed by atoms with van der Waals surface area (Å²) in [7, 11) is 1.63. The Kier molecular flexibility index (Phi) is 6.55. The first-order chi connectivity index (χ1) is 10.3. The standard InChI is InChI=1S/C17H22O4/c1-19-16-9-7-14(8-10-16)13-15(18)5-4-12-21-17-6-2-3-11-20-17/h7-10,15,17-18H,2-3,6,11-13H2,1H3. The molecule has 0 radical (unpaired) electrons. The zero-order valence-corrected chi connectivity index (χ0v) is 12.4. The van der Waals surface area contributed by atoms with E-state index in [2.05, 4.69) is 11.8 Å². The first-order valence-corrected chi connectivity index (χ1v) is 7.30. The van der Waals surface area contributed by atoms with Crippen LogP contribution in [0, 0.1) is 11.8 Å². The summed E-state index contributed by atoms with van der Waals surface area (Å²) in [6, 6.07) is 7.60. The minimum Gasteiger partial charge on any atom is -0.497 e. The lowest BCUT2D eigenvalue weighted by molar-refractivity contribution is -0.154. The second-order valence-electron chi connectivity index (χ2n) is 5.00. The van der Waals surface area contributed by atoms with Crippen LogP contribution >= 0.6 is 0 Å². The van der Waals surface area contributed by atoms with Gasteiger partial charge in [-0.15, -0.1) is 0 Å². The average molecular weight is 290 g/mol. The molecule has 4 heteroatoms. The zero-order valence-electron chi connectivity index (χ0n) is 12.4. The summed E-state index contributed by atoms with van der Waals surface area (Å²) in [4.78, 5) is 0. The van der Waals surface area contributed by atoms with E-state index in [1.54, 1.807) is 7.11 Å². The van der Waals surface area contributed by atoms with Gasteiger partial charge in [-0.3, -0.25) is 0 Å². The minimum absolute atomic E-state index is 0.133. The van der Waals surface area contributed by atoms with Crippen molar-refractivity contribution in [1.29, 1.82) is 0 Å². The van der Waals surface area contributed by atoms with Gasteiger partial charge in [0.2, 0.25) is 0 Å². The Hall–Kier alpha value is -1.54. The van der Waals surface area contributed by atoms with Crippen LogP contribution in [0.25, 0.3) is 0 Å². The van der Waals surface area contributed by atoms with Gasteiger partial charge in [0.05, 0.1) is 7.11 Å². The monoisotopic (exact) mass is 290 g/mol. The summed E-state index contributed by atoms with van der Waals surface area (Å²) in [6.07, 6.45) is 2.85. The van der Waals surface area contributed by atoms with E-state index in [1.807, 2.05) is 24.3 Å². The third-order valence-electron chi connectivity index (χ3n) is 3.34. The van der Waals surface area contributed by atoms with Crippen LogP contribution in [0.4, 0.5) is 0 Å². The number of hydrogen-bond donors (Lipinski definition) is 1. The lowest BCUT2D eigenvalue weighted by atomic mass is 10.1. The normalized spacial score (nSPS) is 19.4. The van der Waals surface area contributed by atoms with Crippen molar-refractivity contribution in [3.63, 3.8) is 0 Å². The highest BCUT2D eigenvalue weighted by atomic mass is 16.7. The number of aliphatic hydroxyl groups excluding tert-OH is 1. The van der Waals surface area contributed by atoms with Crippen molar-refractivity contribution in [2.75, 3.05) is 20.3 Å². The Morgan fingerprint density at radius 2 is 2.14 bits per heavy atom. The van der Waals surface area contributed by atoms with Crippen molar-refractivity contribution >= 4 is 0 Å². The number of ether oxygens (including phenoxy) is 3. The molecule has 1 fully saturated rings. The van der Waals surface area contributed by atoms with Crippen LogP contribution in [0.5, 0.6) is 5.75 Å². The fraction of sp³-hybridized carbons (Fsp3) is 0.529. The number of hydrogen-bond acceptors (Lipinski definition) is 4. The molecule has 0 saturated carbocycles. The van der Waals surface area contributed by atoms with Crippen LogP contribution in [-0.4, -0.2) is 37.8 Å². The SMILES string of the molecule is COc1ccc(CC(O)C#CCOC2CCCCO2)cc1. The first kappa shape index (κ1) is 15.8. The fourth-order valence-electron chi connectivity index (χ4n) is 2.17. The lowest BCUT2D eigenvalue weighted by Gasteiger charge is -2.21. The molecule has 1 aromatic rings. The van der Waals surface area contributed by atoms with E-state index in [0.717, 1.165) is 37.2 Å². The van der Waals surface area contributed by atoms with Gasteiger partial charge in [0.1, 0.15) is 18.5 Å². The van der Waals surface area contributed by atoms with Gasteiger partial charge in [-0.1, -0.05) is 24.0 Å². The molecule has 1 aliphatic rings. The maximum absolute atomic E-state index is 9.87. The van der Waals surface area contributed by atoms with E-state index in [0.29, 0.717) is 13.0 Å². The molecule has 1 aromatic carbocycles. The van der Waals surface area contributed by atoms with Crippen LogP contribution < -0.4 is 4.74 Å². The van der Waals surface area contributed by atoms with Crippen LogP contribution in [0.15, 0.2) is 24.3 Å². The third-order valence-corrected chi connectivity index (χ3v) is 3.34. The molecule has 1 saturated heterocycles. The van der Waals surface area contributed by atoms with Gasteiger partial charge >= 0.3 is 0 Å². The Labute approximate surface area is 126 Å². The smallest absolute Gasteiger partial charge is 0.158 e. The van der Waals surface area contributed by atoms with Gasteiger partial charge in [0.25, 0.3) is 0 Å². The molecule has 0 bridgehead atoms. The molecule has 4 nitrogen and oxygen atoms in total. The maximum atomic E-state index is 9.87. The van der Waals surface area contributed by atoms with Crippen molar-refractivity contribution in [1.82, 2.24) is 0 Å². The second kappa shape index (κ2) is 8.68. The van der Waals surface area contributed by atoms with Crippen LogP contribution in [0.2, 0.25) is 0 Å². The average Bonchev–Trinajstić information content (AvgIpc) is 2.53. The largest absolute Gasteiger partial charge is 0.497 e. The van der Waals surface area contributed by atoms with E-state index in [1.165, 1.54) is 0 Å². The summed E-state index contributed by atoms with van der Waals surface area (Å²) in [5.41, 5.74) is 1.02. The van der Waals surface area contributed by atoms with Gasteiger partial charge in [0, 0.05) is 13.0 Å². The highest BCUT2D eigenvalue weighted by Crippen LogP contribution is 2.13. The minimum atomic E-state index is -0.686. The number of aliphatic hydroxyl groups is 1. The van der Waals surface area contributed by atoms with Gasteiger partial charge in [0.15, 0.2) is 6.29 Å². The van der Waals surface area contributed by atoms with E-state index >= 15 is 0 Å². The maximum Gasteiger partial charge on any atom is 0.158 e. The highest BCUT2D eigenvalue weighted by Gasteiger charge is 2.12. The van der Waals surface area contributed by atoms with E-state index in [9.17, 15) is 5.11 Å². The van der Waals surface area contributed by atoms with Gasteiger partial charge in [-0.05, 0) is 37.0 Å². The second-order valence-corrected chi connectivity index (χ2v) is 5.00. The molecule has 0 amide bonds. The number of methoxy groups -OCH3 is 1. The van der Waals surface area contributed by atoms with E-state index in [-0.39, 0.29) is 6.29 Å². The summed E-state index contributed by atoms with van der Waals surface area (Å²) < 4.78 is 16.0. The topological polar surface area (TPSA) is 47.9 Å². The van der Waals surface area contributed by atoms with Crippen molar-refractivity contribution in [2.45, 2.75) is 38.1 Å². The van der Waals surface area contributed by atoms with Crippen molar-refractivity contribution in [3.8, 4) is 17.6 Å². The molecule has 2 atom stereocenters. The van der Waals surface area contributed by atoms with Crippen molar-refractivity contribution < 1.29 is 19.3 Å². The van der Waals surface area contributed by atoms with Crippen molar-refractivity contribution in [3.05, 3.63) is 29.8 Å². The summed E-state index contributed by atoms with van der Waals surface area (Å²) in [5.74, 6) is 6.45. The van der Waals surface area contributed by atoms with E-state index in [4.69, 9.17) is 14.2 Å². The molecule has 1 heterocycles. The molecular formula is C17H22O4. The molecular weight excluding hydrogens is 268 g/mol. The molecule has 1 aliphatic heterocycles. The first-order valence-electron chi connectivity index (χ1n) is 7.30. The molecule has 0 aliphatic carbocycles. The summed E-state index contributed by atoms with van der Waals surface area (Å²) in [6.45, 7) is 1.06. The van der Waals surface area contributed by atoms with Gasteiger partial charge in [-0.25, -0.2) is 0 Å². The quantitative estimate of drug-likeness (QED) is 0.844. The fourth-order valence-corrected chi connectivity index (χ4v) is 2.17.